The summed E-state index contributed by atoms with van der Waals surface area (Å²) in [6.45, 7) is 1.64. The maximum Gasteiger partial charge on any atom is 0.183 e. The zero-order valence-electron chi connectivity index (χ0n) is 9.11. The number of hydrogen-bond donors (Lipinski definition) is 1. The van der Waals surface area contributed by atoms with Crippen molar-refractivity contribution in [1.29, 1.82) is 0 Å². The van der Waals surface area contributed by atoms with Crippen LogP contribution in [-0.4, -0.2) is 26.0 Å². The van der Waals surface area contributed by atoms with E-state index in [0.717, 1.165) is 0 Å². The zero-order chi connectivity index (χ0) is 11.4. The van der Waals surface area contributed by atoms with Gasteiger partial charge in [0.25, 0.3) is 0 Å². The predicted octanol–water partition coefficient (Wildman–Crippen LogP) is 1.23. The number of ether oxygens (including phenoxy) is 2. The van der Waals surface area contributed by atoms with Crippen LogP contribution < -0.4 is 15.2 Å². The van der Waals surface area contributed by atoms with Crippen LogP contribution in [0.1, 0.15) is 17.3 Å². The fraction of sp³-hybridized carbons (Fsp3) is 0.364. The van der Waals surface area contributed by atoms with Crippen molar-refractivity contribution in [2.45, 2.75) is 13.0 Å². The van der Waals surface area contributed by atoms with Gasteiger partial charge in [-0.2, -0.15) is 0 Å². The van der Waals surface area contributed by atoms with Gasteiger partial charge in [-0.25, -0.2) is 0 Å². The van der Waals surface area contributed by atoms with Crippen LogP contribution in [0.2, 0.25) is 0 Å². The second-order valence-corrected chi connectivity index (χ2v) is 3.22. The SMILES string of the molecule is COc1ccc(OC)c(C(=O)[C@@H](C)N)c1. The number of nitrogens with two attached hydrogens (primary N) is 1. The average molecular weight is 209 g/mol. The zero-order valence-corrected chi connectivity index (χ0v) is 9.11. The monoisotopic (exact) mass is 209 g/mol. The van der Waals surface area contributed by atoms with Gasteiger partial charge in [0.1, 0.15) is 11.5 Å². The fourth-order valence-electron chi connectivity index (χ4n) is 1.25. The molecular weight excluding hydrogens is 194 g/mol. The molecule has 1 aromatic carbocycles. The first-order chi connectivity index (χ1) is 7.10. The molecule has 1 aromatic rings. The van der Waals surface area contributed by atoms with Gasteiger partial charge in [-0.3, -0.25) is 4.79 Å². The van der Waals surface area contributed by atoms with E-state index in [-0.39, 0.29) is 5.78 Å². The Morgan fingerprint density at radius 2 is 2.00 bits per heavy atom. The normalized spacial score (nSPS) is 12.0. The van der Waals surface area contributed by atoms with E-state index in [1.807, 2.05) is 0 Å². The Labute approximate surface area is 89.0 Å². The lowest BCUT2D eigenvalue weighted by atomic mass is 10.0. The van der Waals surface area contributed by atoms with E-state index in [1.54, 1.807) is 32.2 Å². The highest BCUT2D eigenvalue weighted by Crippen LogP contribution is 2.24. The Kier molecular flexibility index (Phi) is 3.68. The third kappa shape index (κ3) is 2.47. The van der Waals surface area contributed by atoms with E-state index in [1.165, 1.54) is 7.11 Å². The Bertz CT molecular complexity index is 361. The van der Waals surface area contributed by atoms with Crippen LogP contribution in [0.4, 0.5) is 0 Å². The van der Waals surface area contributed by atoms with E-state index in [2.05, 4.69) is 0 Å². The quantitative estimate of drug-likeness (QED) is 0.758. The molecule has 0 aromatic heterocycles. The highest BCUT2D eigenvalue weighted by Gasteiger charge is 2.16. The largest absolute Gasteiger partial charge is 0.497 e. The molecule has 0 saturated carbocycles. The van der Waals surface area contributed by atoms with Crippen molar-refractivity contribution in [1.82, 2.24) is 0 Å². The number of ketones is 1. The predicted molar refractivity (Wildman–Crippen MR) is 57.5 cm³/mol. The van der Waals surface area contributed by atoms with Gasteiger partial charge < -0.3 is 15.2 Å². The highest BCUT2D eigenvalue weighted by molar-refractivity contribution is 6.02. The topological polar surface area (TPSA) is 61.5 Å². The maximum absolute atomic E-state index is 11.7. The van der Waals surface area contributed by atoms with Crippen LogP contribution in [0.15, 0.2) is 18.2 Å². The van der Waals surface area contributed by atoms with Crippen molar-refractivity contribution in [2.24, 2.45) is 5.73 Å². The number of methoxy groups -OCH3 is 2. The number of rotatable bonds is 4. The summed E-state index contributed by atoms with van der Waals surface area (Å²) >= 11 is 0. The second kappa shape index (κ2) is 4.79. The van der Waals surface area contributed by atoms with Gasteiger partial charge in [0.2, 0.25) is 0 Å². The van der Waals surface area contributed by atoms with E-state index >= 15 is 0 Å². The Balaban J connectivity index is 3.17. The molecular formula is C11H15NO3. The molecule has 0 heterocycles. The standard InChI is InChI=1S/C11H15NO3/c1-7(12)11(13)9-6-8(14-2)4-5-10(9)15-3/h4-7H,12H2,1-3H3/t7-/m1/s1. The lowest BCUT2D eigenvalue weighted by Gasteiger charge is -2.11. The third-order valence-electron chi connectivity index (χ3n) is 2.09. The summed E-state index contributed by atoms with van der Waals surface area (Å²) in [6, 6.07) is 4.50. The first kappa shape index (κ1) is 11.5. The summed E-state index contributed by atoms with van der Waals surface area (Å²) < 4.78 is 10.1. The van der Waals surface area contributed by atoms with Gasteiger partial charge in [-0.1, -0.05) is 0 Å². The highest BCUT2D eigenvalue weighted by atomic mass is 16.5. The number of carbonyl (C=O) groups excluding carboxylic acids is 1. The molecule has 0 saturated heterocycles. The molecule has 0 bridgehead atoms. The number of benzene rings is 1. The van der Waals surface area contributed by atoms with Crippen molar-refractivity contribution >= 4 is 5.78 Å². The van der Waals surface area contributed by atoms with Crippen molar-refractivity contribution < 1.29 is 14.3 Å². The molecule has 0 aliphatic carbocycles. The summed E-state index contributed by atoms with van der Waals surface area (Å²) in [4.78, 5) is 11.7. The molecule has 82 valence electrons. The summed E-state index contributed by atoms with van der Waals surface area (Å²) in [5.41, 5.74) is 5.99. The average Bonchev–Trinajstić information content (AvgIpc) is 2.27. The van der Waals surface area contributed by atoms with Gasteiger partial charge in [0.05, 0.1) is 25.8 Å². The number of carbonyl (C=O) groups is 1. The molecule has 0 radical (unpaired) electrons. The van der Waals surface area contributed by atoms with Crippen LogP contribution in [0, 0.1) is 0 Å². The Morgan fingerprint density at radius 3 is 2.47 bits per heavy atom. The molecule has 0 aliphatic rings. The third-order valence-corrected chi connectivity index (χ3v) is 2.09. The van der Waals surface area contributed by atoms with Crippen LogP contribution in [0.3, 0.4) is 0 Å². The Morgan fingerprint density at radius 1 is 1.33 bits per heavy atom. The maximum atomic E-state index is 11.7. The molecule has 0 aliphatic heterocycles. The summed E-state index contributed by atoms with van der Waals surface area (Å²) in [6.07, 6.45) is 0. The lowest BCUT2D eigenvalue weighted by molar-refractivity contribution is 0.0964. The molecule has 15 heavy (non-hydrogen) atoms. The van der Waals surface area contributed by atoms with Crippen molar-refractivity contribution in [2.75, 3.05) is 14.2 Å². The second-order valence-electron chi connectivity index (χ2n) is 3.22. The molecule has 4 nitrogen and oxygen atoms in total. The van der Waals surface area contributed by atoms with Crippen molar-refractivity contribution in [3.05, 3.63) is 23.8 Å². The van der Waals surface area contributed by atoms with Gasteiger partial charge in [0, 0.05) is 0 Å². The fourth-order valence-corrected chi connectivity index (χ4v) is 1.25. The van der Waals surface area contributed by atoms with Crippen LogP contribution in [0.5, 0.6) is 11.5 Å². The number of hydrogen-bond acceptors (Lipinski definition) is 4. The van der Waals surface area contributed by atoms with Crippen LogP contribution in [-0.2, 0) is 0 Å². The Hall–Kier alpha value is -1.55. The molecule has 1 rings (SSSR count). The van der Waals surface area contributed by atoms with Gasteiger partial charge in [0.15, 0.2) is 5.78 Å². The van der Waals surface area contributed by atoms with Crippen molar-refractivity contribution in [3.8, 4) is 11.5 Å². The minimum Gasteiger partial charge on any atom is -0.497 e. The lowest BCUT2D eigenvalue weighted by Crippen LogP contribution is -2.27. The molecule has 0 fully saturated rings. The van der Waals surface area contributed by atoms with Crippen molar-refractivity contribution in [3.63, 3.8) is 0 Å². The molecule has 0 amide bonds. The molecule has 1 atom stereocenters. The molecule has 2 N–H and O–H groups in total. The van der Waals surface area contributed by atoms with E-state index in [4.69, 9.17) is 15.2 Å². The van der Waals surface area contributed by atoms with Gasteiger partial charge in [-0.05, 0) is 25.1 Å². The minimum atomic E-state index is -0.550. The molecule has 0 unspecified atom stereocenters. The van der Waals surface area contributed by atoms with E-state index < -0.39 is 6.04 Å². The van der Waals surface area contributed by atoms with Gasteiger partial charge in [-0.15, -0.1) is 0 Å². The van der Waals surface area contributed by atoms with E-state index in [9.17, 15) is 4.79 Å². The summed E-state index contributed by atoms with van der Waals surface area (Å²) in [5.74, 6) is 0.962. The minimum absolute atomic E-state index is 0.161. The first-order valence-electron chi connectivity index (χ1n) is 4.62. The molecule has 4 heteroatoms. The summed E-state index contributed by atoms with van der Waals surface area (Å²) in [5, 5.41) is 0. The van der Waals surface area contributed by atoms with E-state index in [0.29, 0.717) is 17.1 Å². The number of Topliss-reactive ketones (excluding diaryl/α,β-unsaturated/α-hetero) is 1. The molecule has 0 spiro atoms. The first-order valence-corrected chi connectivity index (χ1v) is 4.62. The van der Waals surface area contributed by atoms with Crippen LogP contribution >= 0.6 is 0 Å². The van der Waals surface area contributed by atoms with Crippen LogP contribution in [0.25, 0.3) is 0 Å². The summed E-state index contributed by atoms with van der Waals surface area (Å²) in [7, 11) is 3.06. The van der Waals surface area contributed by atoms with Gasteiger partial charge >= 0.3 is 0 Å². The smallest absolute Gasteiger partial charge is 0.183 e.